The van der Waals surface area contributed by atoms with E-state index in [-0.39, 0.29) is 10.9 Å². The van der Waals surface area contributed by atoms with Crippen LogP contribution in [0.3, 0.4) is 0 Å². The Labute approximate surface area is 256 Å². The van der Waals surface area contributed by atoms with Gasteiger partial charge in [-0.3, -0.25) is 4.98 Å². The zero-order valence-electron chi connectivity index (χ0n) is 24.3. The molecule has 4 aromatic rings. The molecule has 0 saturated carbocycles. The van der Waals surface area contributed by atoms with Gasteiger partial charge in [0.1, 0.15) is 5.75 Å². The van der Waals surface area contributed by atoms with E-state index >= 15 is 4.39 Å². The van der Waals surface area contributed by atoms with Crippen LogP contribution in [-0.2, 0) is 0 Å². The monoisotopic (exact) mass is 602 g/mol. The van der Waals surface area contributed by atoms with Crippen LogP contribution >= 0.6 is 12.2 Å². The number of likely N-dealkylation sites (N-methyl/N-ethyl adjacent to an activating group) is 1. The van der Waals surface area contributed by atoms with Crippen LogP contribution in [0.2, 0.25) is 0 Å². The van der Waals surface area contributed by atoms with Gasteiger partial charge in [0.2, 0.25) is 0 Å². The number of pyridine rings is 1. The van der Waals surface area contributed by atoms with Crippen molar-refractivity contribution in [2.75, 3.05) is 58.5 Å². The number of aromatic nitrogens is 1. The maximum absolute atomic E-state index is 15.2. The fourth-order valence-corrected chi connectivity index (χ4v) is 4.93. The fourth-order valence-electron chi connectivity index (χ4n) is 4.77. The highest BCUT2D eigenvalue weighted by atomic mass is 32.1. The summed E-state index contributed by atoms with van der Waals surface area (Å²) in [6, 6.07) is 19.1. The molecule has 0 radical (unpaired) electrons. The molecule has 1 fully saturated rings. The van der Waals surface area contributed by atoms with Gasteiger partial charge in [-0.1, -0.05) is 18.2 Å². The minimum absolute atomic E-state index is 0.0575. The number of halogens is 1. The van der Waals surface area contributed by atoms with Crippen LogP contribution in [0.4, 0.5) is 10.1 Å². The third-order valence-electron chi connectivity index (χ3n) is 7.17. The molecule has 11 heteroatoms. The van der Waals surface area contributed by atoms with Crippen LogP contribution in [0.15, 0.2) is 78.0 Å². The van der Waals surface area contributed by atoms with Crippen molar-refractivity contribution in [1.29, 1.82) is 0 Å². The minimum Gasteiger partial charge on any atom is -0.493 e. The zero-order chi connectivity index (χ0) is 30.2. The first kappa shape index (κ1) is 30.1. The van der Waals surface area contributed by atoms with Gasteiger partial charge < -0.3 is 29.7 Å². The zero-order valence-corrected chi connectivity index (χ0v) is 25.1. The van der Waals surface area contributed by atoms with E-state index in [1.165, 1.54) is 17.3 Å². The van der Waals surface area contributed by atoms with Crippen LogP contribution in [-0.4, -0.2) is 79.6 Å². The summed E-state index contributed by atoms with van der Waals surface area (Å²) in [5.74, 6) is 1.10. The third kappa shape index (κ3) is 7.75. The molecule has 2 heterocycles. The Morgan fingerprint density at radius 1 is 1.02 bits per heavy atom. The molecular formula is C32H35FN6O3S. The normalized spacial score (nSPS) is 14.2. The lowest BCUT2D eigenvalue weighted by Crippen LogP contribution is -2.44. The maximum Gasteiger partial charge on any atom is 0.191 e. The number of rotatable bonds is 11. The van der Waals surface area contributed by atoms with E-state index in [1.54, 1.807) is 37.6 Å². The van der Waals surface area contributed by atoms with E-state index in [2.05, 4.69) is 26.9 Å². The van der Waals surface area contributed by atoms with Crippen molar-refractivity contribution in [3.63, 3.8) is 0 Å². The predicted octanol–water partition coefficient (Wildman–Crippen LogP) is 5.28. The number of benzene rings is 3. The SMILES string of the molecule is COc1cc2c(Oc3ccc(/C=N/N(C(N)=S)c4ccccc4)cc3F)ccnc2cc1OCCCN1CCN(C)CC1. The molecule has 9 nitrogen and oxygen atoms in total. The topological polar surface area (TPSA) is 88.7 Å². The van der Waals surface area contributed by atoms with Crippen molar-refractivity contribution >= 4 is 40.1 Å². The lowest BCUT2D eigenvalue weighted by Gasteiger charge is -2.32. The van der Waals surface area contributed by atoms with Crippen LogP contribution in [0.1, 0.15) is 12.0 Å². The number of hydrazone groups is 1. The predicted molar refractivity (Wildman–Crippen MR) is 172 cm³/mol. The van der Waals surface area contributed by atoms with Gasteiger partial charge in [-0.05, 0) is 73.7 Å². The molecule has 1 aliphatic heterocycles. The number of para-hydroxylation sites is 1. The summed E-state index contributed by atoms with van der Waals surface area (Å²) in [5.41, 5.74) is 7.70. The molecule has 2 N–H and O–H groups in total. The number of fused-ring (bicyclic) bond motifs is 1. The second kappa shape index (κ2) is 14.2. The van der Waals surface area contributed by atoms with Crippen LogP contribution in [0.25, 0.3) is 10.9 Å². The number of methoxy groups -OCH3 is 1. The smallest absolute Gasteiger partial charge is 0.191 e. The van der Waals surface area contributed by atoms with E-state index in [9.17, 15) is 0 Å². The van der Waals surface area contributed by atoms with Crippen molar-refractivity contribution in [1.82, 2.24) is 14.8 Å². The first-order valence-electron chi connectivity index (χ1n) is 14.1. The van der Waals surface area contributed by atoms with E-state index < -0.39 is 5.82 Å². The maximum atomic E-state index is 15.2. The van der Waals surface area contributed by atoms with Crippen molar-refractivity contribution in [3.8, 4) is 23.0 Å². The molecular weight excluding hydrogens is 567 g/mol. The van der Waals surface area contributed by atoms with Gasteiger partial charge in [-0.15, -0.1) is 0 Å². The number of ether oxygens (including phenoxy) is 3. The van der Waals surface area contributed by atoms with Gasteiger partial charge >= 0.3 is 0 Å². The number of piperazine rings is 1. The Morgan fingerprint density at radius 2 is 1.81 bits per heavy atom. The largest absolute Gasteiger partial charge is 0.493 e. The van der Waals surface area contributed by atoms with Crippen molar-refractivity contribution in [2.24, 2.45) is 10.8 Å². The number of hydrogen-bond acceptors (Lipinski definition) is 8. The average molecular weight is 603 g/mol. The lowest BCUT2D eigenvalue weighted by molar-refractivity contribution is 0.145. The molecule has 0 amide bonds. The molecule has 5 rings (SSSR count). The Hall–Kier alpha value is -4.32. The van der Waals surface area contributed by atoms with E-state index in [0.29, 0.717) is 46.0 Å². The summed E-state index contributed by atoms with van der Waals surface area (Å²) in [6.07, 6.45) is 4.01. The number of thiocarbonyl (C=S) groups is 1. The second-order valence-corrected chi connectivity index (χ2v) is 10.6. The van der Waals surface area contributed by atoms with E-state index in [4.69, 9.17) is 32.2 Å². The van der Waals surface area contributed by atoms with Crippen molar-refractivity contribution in [3.05, 3.63) is 84.3 Å². The molecule has 3 aromatic carbocycles. The molecule has 224 valence electrons. The second-order valence-electron chi connectivity index (χ2n) is 10.2. The molecule has 0 atom stereocenters. The third-order valence-corrected chi connectivity index (χ3v) is 7.34. The highest BCUT2D eigenvalue weighted by Gasteiger charge is 2.16. The number of anilines is 1. The first-order valence-corrected chi connectivity index (χ1v) is 14.5. The Kier molecular flexibility index (Phi) is 9.98. The fraction of sp³-hybridized carbons (Fsp3) is 0.281. The summed E-state index contributed by atoms with van der Waals surface area (Å²) >= 11 is 5.12. The van der Waals surface area contributed by atoms with Crippen molar-refractivity contribution < 1.29 is 18.6 Å². The first-order chi connectivity index (χ1) is 20.9. The summed E-state index contributed by atoms with van der Waals surface area (Å²) in [6.45, 7) is 5.89. The van der Waals surface area contributed by atoms with Gasteiger partial charge in [-0.25, -0.2) is 9.40 Å². The molecule has 0 spiro atoms. The standard InChI is InChI=1S/C32H35FN6O3S/c1-37-14-16-38(17-15-37)13-6-18-41-31-21-27-25(20-30(31)40-2)28(11-12-35-27)42-29-10-9-23(19-26(29)33)22-36-39(32(34)43)24-7-4-3-5-8-24/h3-5,7-12,19-22H,6,13-18H2,1-2H3,(H2,34,43)/b36-22+. The van der Waals surface area contributed by atoms with Gasteiger partial charge in [0.15, 0.2) is 28.2 Å². The summed E-state index contributed by atoms with van der Waals surface area (Å²) < 4.78 is 32.9. The molecule has 1 saturated heterocycles. The minimum atomic E-state index is -0.553. The molecule has 1 aliphatic rings. The quantitative estimate of drug-likeness (QED) is 0.107. The van der Waals surface area contributed by atoms with Crippen LogP contribution in [0.5, 0.6) is 23.0 Å². The Bertz CT molecular complexity index is 1580. The van der Waals surface area contributed by atoms with Gasteiger partial charge in [-0.2, -0.15) is 5.10 Å². The average Bonchev–Trinajstić information content (AvgIpc) is 3.01. The highest BCUT2D eigenvalue weighted by Crippen LogP contribution is 2.37. The highest BCUT2D eigenvalue weighted by molar-refractivity contribution is 7.80. The summed E-state index contributed by atoms with van der Waals surface area (Å²) in [5, 5.41) is 6.48. The van der Waals surface area contributed by atoms with Gasteiger partial charge in [0.25, 0.3) is 0 Å². The molecule has 0 bridgehead atoms. The lowest BCUT2D eigenvalue weighted by atomic mass is 10.1. The van der Waals surface area contributed by atoms with Gasteiger partial charge in [0, 0.05) is 50.4 Å². The van der Waals surface area contributed by atoms with Gasteiger partial charge in [0.05, 0.1) is 31.1 Å². The Balaban J connectivity index is 1.27. The summed E-state index contributed by atoms with van der Waals surface area (Å²) in [7, 11) is 3.74. The molecule has 0 unspecified atom stereocenters. The molecule has 43 heavy (non-hydrogen) atoms. The van der Waals surface area contributed by atoms with E-state index in [1.807, 2.05) is 36.4 Å². The van der Waals surface area contributed by atoms with E-state index in [0.717, 1.165) is 39.1 Å². The summed E-state index contributed by atoms with van der Waals surface area (Å²) in [4.78, 5) is 9.28. The Morgan fingerprint density at radius 3 is 2.53 bits per heavy atom. The molecule has 0 aliphatic carbocycles. The number of nitrogens with zero attached hydrogens (tertiary/aromatic N) is 5. The number of nitrogens with two attached hydrogens (primary N) is 1. The number of hydrogen-bond donors (Lipinski definition) is 1. The van der Waals surface area contributed by atoms with Crippen LogP contribution in [0, 0.1) is 5.82 Å². The molecule has 1 aromatic heterocycles. The van der Waals surface area contributed by atoms with Crippen LogP contribution < -0.4 is 25.0 Å². The van der Waals surface area contributed by atoms with Crippen molar-refractivity contribution in [2.45, 2.75) is 6.42 Å².